The van der Waals surface area contributed by atoms with Gasteiger partial charge in [-0.25, -0.2) is 4.99 Å². The maximum atomic E-state index is 11.9. The van der Waals surface area contributed by atoms with Crippen molar-refractivity contribution in [3.05, 3.63) is 35.9 Å². The van der Waals surface area contributed by atoms with Crippen molar-refractivity contribution < 1.29 is 4.79 Å². The number of amides is 1. The highest BCUT2D eigenvalue weighted by Gasteiger charge is 2.14. The van der Waals surface area contributed by atoms with E-state index in [1.54, 1.807) is 0 Å². The number of hydrogen-bond donors (Lipinski definition) is 3. The lowest BCUT2D eigenvalue weighted by Gasteiger charge is -2.20. The van der Waals surface area contributed by atoms with Crippen LogP contribution < -0.4 is 16.0 Å². The van der Waals surface area contributed by atoms with Crippen LogP contribution in [0.3, 0.4) is 0 Å². The number of benzene rings is 1. The summed E-state index contributed by atoms with van der Waals surface area (Å²) < 4.78 is 0. The first-order chi connectivity index (χ1) is 11.4. The Morgan fingerprint density at radius 1 is 1.12 bits per heavy atom. The van der Waals surface area contributed by atoms with E-state index in [0.29, 0.717) is 11.9 Å². The quantitative estimate of drug-likeness (QED) is 0.531. The Balaban J connectivity index is 2.61. The number of aliphatic imine (C=N–C) groups is 1. The second-order valence-electron chi connectivity index (χ2n) is 6.89. The molecule has 0 aliphatic heterocycles. The lowest BCUT2D eigenvalue weighted by molar-refractivity contribution is -0.121. The normalized spacial score (nSPS) is 13.3. The standard InChI is InChI=1S/C19H32N4O/c1-6-15(16-11-9-8-10-12-16)13-21-18(20-7-2)22-14-17(24)23-19(3,4)5/h8-12,15H,6-7,13-14H2,1-5H3,(H,23,24)(H2,20,21,22). The fourth-order valence-electron chi connectivity index (χ4n) is 2.39. The second kappa shape index (κ2) is 9.96. The van der Waals surface area contributed by atoms with Gasteiger partial charge in [0, 0.05) is 24.5 Å². The van der Waals surface area contributed by atoms with Crippen LogP contribution in [0.4, 0.5) is 0 Å². The van der Waals surface area contributed by atoms with Crippen LogP contribution in [-0.2, 0) is 4.79 Å². The Bertz CT molecular complexity index is 520. The smallest absolute Gasteiger partial charge is 0.242 e. The molecule has 0 heterocycles. The first-order valence-corrected chi connectivity index (χ1v) is 8.73. The molecule has 0 fully saturated rings. The monoisotopic (exact) mass is 332 g/mol. The van der Waals surface area contributed by atoms with E-state index in [1.807, 2.05) is 33.8 Å². The molecule has 134 valence electrons. The van der Waals surface area contributed by atoms with Gasteiger partial charge in [0.15, 0.2) is 5.96 Å². The molecule has 1 amide bonds. The number of carbonyl (C=O) groups excluding carboxylic acids is 1. The summed E-state index contributed by atoms with van der Waals surface area (Å²) in [5, 5.41) is 9.45. The molecule has 5 nitrogen and oxygen atoms in total. The van der Waals surface area contributed by atoms with Gasteiger partial charge in [0.25, 0.3) is 0 Å². The maximum Gasteiger partial charge on any atom is 0.242 e. The van der Waals surface area contributed by atoms with Crippen LogP contribution in [0.25, 0.3) is 0 Å². The maximum absolute atomic E-state index is 11.9. The van der Waals surface area contributed by atoms with E-state index in [-0.39, 0.29) is 18.0 Å². The van der Waals surface area contributed by atoms with Gasteiger partial charge in [-0.05, 0) is 39.7 Å². The number of nitrogens with zero attached hydrogens (tertiary/aromatic N) is 1. The number of nitrogens with one attached hydrogen (secondary N) is 3. The first-order valence-electron chi connectivity index (χ1n) is 8.73. The summed E-state index contributed by atoms with van der Waals surface area (Å²) in [6.07, 6.45) is 1.04. The summed E-state index contributed by atoms with van der Waals surface area (Å²) in [7, 11) is 0. The molecular formula is C19H32N4O. The van der Waals surface area contributed by atoms with Crippen molar-refractivity contribution in [1.29, 1.82) is 0 Å². The molecule has 1 aromatic rings. The minimum Gasteiger partial charge on any atom is -0.357 e. The molecule has 1 atom stereocenters. The van der Waals surface area contributed by atoms with Gasteiger partial charge >= 0.3 is 0 Å². The summed E-state index contributed by atoms with van der Waals surface area (Å²) in [4.78, 5) is 16.3. The molecule has 1 unspecified atom stereocenters. The molecule has 0 radical (unpaired) electrons. The predicted octanol–water partition coefficient (Wildman–Crippen LogP) is 2.65. The van der Waals surface area contributed by atoms with Gasteiger partial charge in [-0.2, -0.15) is 0 Å². The molecule has 0 spiro atoms. The van der Waals surface area contributed by atoms with Crippen molar-refractivity contribution in [1.82, 2.24) is 16.0 Å². The minimum atomic E-state index is -0.237. The summed E-state index contributed by atoms with van der Waals surface area (Å²) in [5.41, 5.74) is 1.08. The Labute approximate surface area is 146 Å². The van der Waals surface area contributed by atoms with Crippen molar-refractivity contribution in [2.45, 2.75) is 52.5 Å². The van der Waals surface area contributed by atoms with E-state index in [9.17, 15) is 4.79 Å². The van der Waals surface area contributed by atoms with E-state index in [2.05, 4.69) is 52.1 Å². The minimum absolute atomic E-state index is 0.0743. The molecule has 0 aliphatic rings. The highest BCUT2D eigenvalue weighted by Crippen LogP contribution is 2.17. The number of hydrogen-bond acceptors (Lipinski definition) is 2. The van der Waals surface area contributed by atoms with Crippen molar-refractivity contribution in [3.8, 4) is 0 Å². The molecule has 3 N–H and O–H groups in total. The number of carbonyl (C=O) groups is 1. The average Bonchev–Trinajstić information content (AvgIpc) is 2.52. The van der Waals surface area contributed by atoms with Gasteiger partial charge in [-0.3, -0.25) is 4.79 Å². The first kappa shape index (κ1) is 20.0. The average molecular weight is 332 g/mol. The zero-order chi connectivity index (χ0) is 18.0. The third-order valence-corrected chi connectivity index (χ3v) is 3.52. The summed E-state index contributed by atoms with van der Waals surface area (Å²) in [5.74, 6) is 1.02. The third kappa shape index (κ3) is 7.99. The van der Waals surface area contributed by atoms with Gasteiger partial charge in [-0.15, -0.1) is 0 Å². The largest absolute Gasteiger partial charge is 0.357 e. The van der Waals surface area contributed by atoms with Crippen molar-refractivity contribution in [3.63, 3.8) is 0 Å². The van der Waals surface area contributed by atoms with Crippen molar-refractivity contribution in [2.24, 2.45) is 4.99 Å². The number of guanidine groups is 1. The highest BCUT2D eigenvalue weighted by atomic mass is 16.2. The Morgan fingerprint density at radius 3 is 2.33 bits per heavy atom. The Kier molecular flexibility index (Phi) is 8.30. The van der Waals surface area contributed by atoms with E-state index >= 15 is 0 Å². The lowest BCUT2D eigenvalue weighted by Crippen LogP contribution is -2.43. The van der Waals surface area contributed by atoms with E-state index < -0.39 is 0 Å². The predicted molar refractivity (Wildman–Crippen MR) is 101 cm³/mol. The second-order valence-corrected chi connectivity index (χ2v) is 6.89. The fraction of sp³-hybridized carbons (Fsp3) is 0.579. The highest BCUT2D eigenvalue weighted by molar-refractivity contribution is 5.85. The topological polar surface area (TPSA) is 65.5 Å². The molecule has 1 rings (SSSR count). The molecule has 0 saturated carbocycles. The molecular weight excluding hydrogens is 300 g/mol. The molecule has 5 heteroatoms. The zero-order valence-corrected chi connectivity index (χ0v) is 15.6. The van der Waals surface area contributed by atoms with Gasteiger partial charge < -0.3 is 16.0 Å². The van der Waals surface area contributed by atoms with Crippen LogP contribution in [0, 0.1) is 0 Å². The van der Waals surface area contributed by atoms with E-state index in [1.165, 1.54) is 5.56 Å². The lowest BCUT2D eigenvalue weighted by atomic mass is 9.97. The van der Waals surface area contributed by atoms with Crippen LogP contribution in [0.2, 0.25) is 0 Å². The molecule has 1 aromatic carbocycles. The number of rotatable bonds is 7. The Morgan fingerprint density at radius 2 is 1.79 bits per heavy atom. The van der Waals surface area contributed by atoms with Gasteiger partial charge in [0.05, 0.1) is 0 Å². The summed E-state index contributed by atoms with van der Waals surface area (Å²) in [6.45, 7) is 11.7. The van der Waals surface area contributed by atoms with Crippen molar-refractivity contribution in [2.75, 3.05) is 19.6 Å². The molecule has 0 aromatic heterocycles. The van der Waals surface area contributed by atoms with Crippen LogP contribution in [0.1, 0.15) is 52.5 Å². The van der Waals surface area contributed by atoms with Gasteiger partial charge in [0.1, 0.15) is 6.54 Å². The van der Waals surface area contributed by atoms with Crippen LogP contribution in [0.15, 0.2) is 35.3 Å². The van der Waals surface area contributed by atoms with E-state index in [4.69, 9.17) is 0 Å². The van der Waals surface area contributed by atoms with Gasteiger partial charge in [-0.1, -0.05) is 37.3 Å². The van der Waals surface area contributed by atoms with Gasteiger partial charge in [0.2, 0.25) is 5.91 Å². The molecule has 0 saturated heterocycles. The molecule has 24 heavy (non-hydrogen) atoms. The van der Waals surface area contributed by atoms with Crippen LogP contribution >= 0.6 is 0 Å². The molecule has 0 aliphatic carbocycles. The SMILES string of the molecule is CCNC(=NCC(=O)NC(C)(C)C)NCC(CC)c1ccccc1. The summed E-state index contributed by atoms with van der Waals surface area (Å²) in [6, 6.07) is 10.5. The fourth-order valence-corrected chi connectivity index (χ4v) is 2.39. The summed E-state index contributed by atoms with van der Waals surface area (Å²) >= 11 is 0. The van der Waals surface area contributed by atoms with E-state index in [0.717, 1.165) is 19.5 Å². The van der Waals surface area contributed by atoms with Crippen LogP contribution in [-0.4, -0.2) is 37.0 Å². The third-order valence-electron chi connectivity index (χ3n) is 3.52. The van der Waals surface area contributed by atoms with Crippen LogP contribution in [0.5, 0.6) is 0 Å². The zero-order valence-electron chi connectivity index (χ0n) is 15.6. The van der Waals surface area contributed by atoms with Crippen molar-refractivity contribution >= 4 is 11.9 Å². The Hall–Kier alpha value is -2.04. The molecule has 0 bridgehead atoms.